The maximum absolute atomic E-state index is 11.7. The van der Waals surface area contributed by atoms with Crippen LogP contribution in [0.4, 0.5) is 0 Å². The predicted octanol–water partition coefficient (Wildman–Crippen LogP) is 2.24. The molecule has 0 spiro atoms. The minimum Gasteiger partial charge on any atom is -0.504 e. The summed E-state index contributed by atoms with van der Waals surface area (Å²) in [4.78, 5) is 11.7. The van der Waals surface area contributed by atoms with Gasteiger partial charge in [0.1, 0.15) is 0 Å². The van der Waals surface area contributed by atoms with Gasteiger partial charge in [0.25, 0.3) is 5.91 Å². The fourth-order valence-electron chi connectivity index (χ4n) is 1.36. The van der Waals surface area contributed by atoms with E-state index in [1.807, 2.05) is 6.92 Å². The molecule has 1 rings (SSSR count). The summed E-state index contributed by atoms with van der Waals surface area (Å²) in [5.74, 6) is -1.12. The summed E-state index contributed by atoms with van der Waals surface area (Å²) in [6.45, 7) is 2.41. The number of halogens is 1. The van der Waals surface area contributed by atoms with Gasteiger partial charge in [-0.3, -0.25) is 4.79 Å². The van der Waals surface area contributed by atoms with Crippen LogP contribution in [0.5, 0.6) is 11.5 Å². The first-order chi connectivity index (χ1) is 8.06. The standard InChI is InChI=1S/C12H16ClNO3/c1-2-8(13)6-7-14-12(17)9-4-3-5-10(15)11(9)16/h3-5,8,15-16H,2,6-7H2,1H3,(H,14,17). The number of phenolic OH excluding ortho intramolecular Hbond substituents is 2. The van der Waals surface area contributed by atoms with Crippen LogP contribution in [0.2, 0.25) is 0 Å². The van der Waals surface area contributed by atoms with Gasteiger partial charge in [-0.05, 0) is 25.0 Å². The number of carbonyl (C=O) groups excluding carboxylic acids is 1. The molecule has 3 N–H and O–H groups in total. The summed E-state index contributed by atoms with van der Waals surface area (Å²) in [6, 6.07) is 4.26. The first kappa shape index (κ1) is 13.6. The highest BCUT2D eigenvalue weighted by Crippen LogP contribution is 2.27. The van der Waals surface area contributed by atoms with Crippen LogP contribution in [0, 0.1) is 0 Å². The van der Waals surface area contributed by atoms with Gasteiger partial charge in [0.05, 0.1) is 5.56 Å². The lowest BCUT2D eigenvalue weighted by atomic mass is 10.1. The Morgan fingerprint density at radius 3 is 2.82 bits per heavy atom. The van der Waals surface area contributed by atoms with Crippen molar-refractivity contribution in [1.29, 1.82) is 0 Å². The lowest BCUT2D eigenvalue weighted by Crippen LogP contribution is -2.26. The molecular weight excluding hydrogens is 242 g/mol. The summed E-state index contributed by atoms with van der Waals surface area (Å²) in [6.07, 6.45) is 1.51. The summed E-state index contributed by atoms with van der Waals surface area (Å²) < 4.78 is 0. The topological polar surface area (TPSA) is 69.6 Å². The monoisotopic (exact) mass is 257 g/mol. The normalized spacial score (nSPS) is 12.1. The van der Waals surface area contributed by atoms with Crippen LogP contribution in [0.3, 0.4) is 0 Å². The van der Waals surface area contributed by atoms with Crippen LogP contribution in [0.1, 0.15) is 30.1 Å². The van der Waals surface area contributed by atoms with Gasteiger partial charge in [0, 0.05) is 11.9 Å². The summed E-state index contributed by atoms with van der Waals surface area (Å²) in [5, 5.41) is 21.4. The number of aromatic hydroxyl groups is 2. The smallest absolute Gasteiger partial charge is 0.255 e. The van der Waals surface area contributed by atoms with Gasteiger partial charge in [0.2, 0.25) is 0 Å². The number of para-hydroxylation sites is 1. The van der Waals surface area contributed by atoms with Crippen molar-refractivity contribution in [1.82, 2.24) is 5.32 Å². The van der Waals surface area contributed by atoms with Crippen LogP contribution in [-0.4, -0.2) is 28.0 Å². The van der Waals surface area contributed by atoms with Crippen molar-refractivity contribution in [3.8, 4) is 11.5 Å². The Hall–Kier alpha value is -1.42. The highest BCUT2D eigenvalue weighted by atomic mass is 35.5. The van der Waals surface area contributed by atoms with Crippen LogP contribution < -0.4 is 5.32 Å². The van der Waals surface area contributed by atoms with E-state index in [4.69, 9.17) is 11.6 Å². The molecule has 0 fully saturated rings. The lowest BCUT2D eigenvalue weighted by molar-refractivity contribution is 0.0950. The van der Waals surface area contributed by atoms with Crippen LogP contribution in [0.15, 0.2) is 18.2 Å². The van der Waals surface area contributed by atoms with E-state index >= 15 is 0 Å². The zero-order chi connectivity index (χ0) is 12.8. The molecular formula is C12H16ClNO3. The molecule has 1 aromatic rings. The molecule has 0 aliphatic carbocycles. The first-order valence-electron chi connectivity index (χ1n) is 5.49. The zero-order valence-electron chi connectivity index (χ0n) is 9.61. The predicted molar refractivity (Wildman–Crippen MR) is 66.7 cm³/mol. The minimum absolute atomic E-state index is 0.0353. The Labute approximate surface area is 105 Å². The summed E-state index contributed by atoms with van der Waals surface area (Å²) in [5.41, 5.74) is 0.0626. The average molecular weight is 258 g/mol. The number of amides is 1. The van der Waals surface area contributed by atoms with Crippen LogP contribution in [0.25, 0.3) is 0 Å². The van der Waals surface area contributed by atoms with Gasteiger partial charge < -0.3 is 15.5 Å². The molecule has 1 aromatic carbocycles. The molecule has 0 bridgehead atoms. The van der Waals surface area contributed by atoms with Crippen molar-refractivity contribution in [2.24, 2.45) is 0 Å². The molecule has 0 saturated carbocycles. The van der Waals surface area contributed by atoms with Gasteiger partial charge in [0.15, 0.2) is 11.5 Å². The first-order valence-corrected chi connectivity index (χ1v) is 5.93. The van der Waals surface area contributed by atoms with Crippen molar-refractivity contribution < 1.29 is 15.0 Å². The van der Waals surface area contributed by atoms with Crippen molar-refractivity contribution in [2.75, 3.05) is 6.54 Å². The number of hydrogen-bond donors (Lipinski definition) is 3. The lowest BCUT2D eigenvalue weighted by Gasteiger charge is -2.09. The quantitative estimate of drug-likeness (QED) is 0.560. The Balaban J connectivity index is 2.56. The Bertz CT molecular complexity index is 395. The number of carbonyl (C=O) groups is 1. The zero-order valence-corrected chi connectivity index (χ0v) is 10.4. The minimum atomic E-state index is -0.418. The Morgan fingerprint density at radius 2 is 2.18 bits per heavy atom. The number of alkyl halides is 1. The van der Waals surface area contributed by atoms with E-state index in [0.717, 1.165) is 6.42 Å². The molecule has 0 aliphatic heterocycles. The number of benzene rings is 1. The fourth-order valence-corrected chi connectivity index (χ4v) is 1.47. The van der Waals surface area contributed by atoms with Gasteiger partial charge in [-0.2, -0.15) is 0 Å². The molecule has 94 valence electrons. The van der Waals surface area contributed by atoms with Crippen molar-refractivity contribution in [2.45, 2.75) is 25.1 Å². The average Bonchev–Trinajstić information content (AvgIpc) is 2.32. The second-order valence-electron chi connectivity index (χ2n) is 3.72. The van der Waals surface area contributed by atoms with E-state index < -0.39 is 11.7 Å². The van der Waals surface area contributed by atoms with E-state index in [2.05, 4.69) is 5.32 Å². The van der Waals surface area contributed by atoms with E-state index in [0.29, 0.717) is 13.0 Å². The molecule has 0 saturated heterocycles. The molecule has 5 heteroatoms. The van der Waals surface area contributed by atoms with E-state index in [9.17, 15) is 15.0 Å². The van der Waals surface area contributed by atoms with Gasteiger partial charge in [-0.15, -0.1) is 11.6 Å². The highest BCUT2D eigenvalue weighted by molar-refractivity contribution is 6.20. The third-order valence-electron chi connectivity index (χ3n) is 2.45. The van der Waals surface area contributed by atoms with E-state index in [1.165, 1.54) is 18.2 Å². The van der Waals surface area contributed by atoms with E-state index in [1.54, 1.807) is 0 Å². The maximum Gasteiger partial charge on any atom is 0.255 e. The van der Waals surface area contributed by atoms with Gasteiger partial charge in [-0.1, -0.05) is 13.0 Å². The third-order valence-corrected chi connectivity index (χ3v) is 2.97. The van der Waals surface area contributed by atoms with Crippen molar-refractivity contribution in [3.63, 3.8) is 0 Å². The van der Waals surface area contributed by atoms with Crippen molar-refractivity contribution >= 4 is 17.5 Å². The molecule has 17 heavy (non-hydrogen) atoms. The molecule has 0 heterocycles. The largest absolute Gasteiger partial charge is 0.504 e. The Morgan fingerprint density at radius 1 is 1.47 bits per heavy atom. The number of hydrogen-bond acceptors (Lipinski definition) is 3. The maximum atomic E-state index is 11.7. The van der Waals surface area contributed by atoms with E-state index in [-0.39, 0.29) is 16.7 Å². The second-order valence-corrected chi connectivity index (χ2v) is 4.34. The molecule has 0 aromatic heterocycles. The van der Waals surface area contributed by atoms with Crippen molar-refractivity contribution in [3.05, 3.63) is 23.8 Å². The number of rotatable bonds is 5. The molecule has 1 atom stereocenters. The molecule has 0 radical (unpaired) electrons. The molecule has 0 aliphatic rings. The number of nitrogens with one attached hydrogen (secondary N) is 1. The summed E-state index contributed by atoms with van der Waals surface area (Å²) >= 11 is 5.91. The van der Waals surface area contributed by atoms with Gasteiger partial charge in [-0.25, -0.2) is 0 Å². The van der Waals surface area contributed by atoms with Gasteiger partial charge >= 0.3 is 0 Å². The number of phenols is 2. The molecule has 4 nitrogen and oxygen atoms in total. The SMILES string of the molecule is CCC(Cl)CCNC(=O)c1cccc(O)c1O. The van der Waals surface area contributed by atoms with Crippen LogP contribution >= 0.6 is 11.6 Å². The third kappa shape index (κ3) is 3.82. The van der Waals surface area contributed by atoms with Crippen LogP contribution in [-0.2, 0) is 0 Å². The molecule has 1 amide bonds. The Kier molecular flexibility index (Phi) is 5.10. The summed E-state index contributed by atoms with van der Waals surface area (Å²) in [7, 11) is 0. The highest BCUT2D eigenvalue weighted by Gasteiger charge is 2.13. The molecule has 1 unspecified atom stereocenters. The fraction of sp³-hybridized carbons (Fsp3) is 0.417. The second kappa shape index (κ2) is 6.35.